The van der Waals surface area contributed by atoms with E-state index in [4.69, 9.17) is 4.74 Å². The number of rotatable bonds is 6. The van der Waals surface area contributed by atoms with Crippen molar-refractivity contribution >= 4 is 26.7 Å². The molecule has 1 aliphatic rings. The lowest BCUT2D eigenvalue weighted by Gasteiger charge is -2.36. The molecule has 0 spiro atoms. The summed E-state index contributed by atoms with van der Waals surface area (Å²) in [5, 5.41) is 2.67. The van der Waals surface area contributed by atoms with E-state index in [0.29, 0.717) is 10.9 Å². The maximum Gasteiger partial charge on any atom is 0.0580 e. The normalized spacial score (nSPS) is 23.0. The van der Waals surface area contributed by atoms with Crippen molar-refractivity contribution in [2.75, 3.05) is 6.61 Å². The Hall–Kier alpha value is -0.860. The topological polar surface area (TPSA) is 9.23 Å². The van der Waals surface area contributed by atoms with Crippen LogP contribution < -0.4 is 0 Å². The molecule has 0 bridgehead atoms. The Morgan fingerprint density at radius 2 is 1.90 bits per heavy atom. The van der Waals surface area contributed by atoms with Crippen LogP contribution in [0.3, 0.4) is 0 Å². The first-order valence-electron chi connectivity index (χ1n) is 7.98. The molecule has 112 valence electrons. The van der Waals surface area contributed by atoms with Crippen LogP contribution in [-0.2, 0) is 11.2 Å². The van der Waals surface area contributed by atoms with Gasteiger partial charge in [-0.15, -0.1) is 0 Å². The predicted octanol–water partition coefficient (Wildman–Crippen LogP) is 5.35. The minimum atomic E-state index is 0.528. The lowest BCUT2D eigenvalue weighted by atomic mass is 9.78. The molecule has 3 rings (SSSR count). The molecule has 1 unspecified atom stereocenters. The molecule has 21 heavy (non-hydrogen) atoms. The zero-order valence-electron chi connectivity index (χ0n) is 12.6. The van der Waals surface area contributed by atoms with Gasteiger partial charge in [-0.3, -0.25) is 0 Å². The summed E-state index contributed by atoms with van der Waals surface area (Å²) in [6.45, 7) is 2.94. The molecule has 0 radical (unpaired) electrons. The van der Waals surface area contributed by atoms with Gasteiger partial charge in [0.25, 0.3) is 0 Å². The maximum atomic E-state index is 5.64. The summed E-state index contributed by atoms with van der Waals surface area (Å²) in [5.74, 6) is 0.839. The largest absolute Gasteiger partial charge is 0.378 e. The first-order valence-corrected chi connectivity index (χ1v) is 8.89. The fourth-order valence-corrected chi connectivity index (χ4v) is 4.21. The van der Waals surface area contributed by atoms with Gasteiger partial charge in [0.1, 0.15) is 0 Å². The molecule has 1 atom stereocenters. The summed E-state index contributed by atoms with van der Waals surface area (Å²) in [7, 11) is 0. The third-order valence-electron chi connectivity index (χ3n) is 4.45. The van der Waals surface area contributed by atoms with E-state index < -0.39 is 0 Å². The molecule has 1 nitrogen and oxygen atoms in total. The second-order valence-electron chi connectivity index (χ2n) is 6.13. The van der Waals surface area contributed by atoms with Crippen LogP contribution in [0.4, 0.5) is 0 Å². The summed E-state index contributed by atoms with van der Waals surface area (Å²) >= 11 is 3.87. The van der Waals surface area contributed by atoms with Gasteiger partial charge in [-0.25, -0.2) is 0 Å². The summed E-state index contributed by atoms with van der Waals surface area (Å²) in [6, 6.07) is 15.4. The second kappa shape index (κ2) is 6.93. The van der Waals surface area contributed by atoms with Crippen molar-refractivity contribution in [2.24, 2.45) is 5.92 Å². The number of halogens is 1. The highest BCUT2D eigenvalue weighted by atomic mass is 79.9. The first kappa shape index (κ1) is 15.1. The monoisotopic (exact) mass is 346 g/mol. The summed E-state index contributed by atoms with van der Waals surface area (Å²) in [4.78, 5) is 0.575. The zero-order valence-corrected chi connectivity index (χ0v) is 14.2. The van der Waals surface area contributed by atoms with Gasteiger partial charge in [-0.1, -0.05) is 58.4 Å². The molecule has 0 amide bonds. The molecule has 2 aromatic rings. The van der Waals surface area contributed by atoms with E-state index in [9.17, 15) is 0 Å². The Bertz CT molecular complexity index is 589. The van der Waals surface area contributed by atoms with Gasteiger partial charge in [-0.05, 0) is 54.9 Å². The molecule has 0 heterocycles. The van der Waals surface area contributed by atoms with Crippen LogP contribution in [0.5, 0.6) is 0 Å². The fraction of sp³-hybridized carbons (Fsp3) is 0.474. The van der Waals surface area contributed by atoms with Crippen molar-refractivity contribution in [1.29, 1.82) is 0 Å². The number of ether oxygens (including phenoxy) is 1. The van der Waals surface area contributed by atoms with Crippen molar-refractivity contribution in [3.8, 4) is 0 Å². The van der Waals surface area contributed by atoms with Gasteiger partial charge in [0, 0.05) is 11.4 Å². The van der Waals surface area contributed by atoms with Gasteiger partial charge in [0.2, 0.25) is 0 Å². The molecule has 1 fully saturated rings. The Morgan fingerprint density at radius 3 is 2.67 bits per heavy atom. The quantitative estimate of drug-likeness (QED) is 0.640. The van der Waals surface area contributed by atoms with Crippen LogP contribution in [-0.4, -0.2) is 17.5 Å². The number of hydrogen-bond donors (Lipinski definition) is 0. The molecule has 0 N–H and O–H groups in total. The third kappa shape index (κ3) is 3.87. The smallest absolute Gasteiger partial charge is 0.0580 e. The number of fused-ring (bicyclic) bond motifs is 1. The van der Waals surface area contributed by atoms with Gasteiger partial charge >= 0.3 is 0 Å². The molecular formula is C19H23BrO. The van der Waals surface area contributed by atoms with Crippen molar-refractivity contribution in [1.82, 2.24) is 0 Å². The second-order valence-corrected chi connectivity index (χ2v) is 7.43. The minimum absolute atomic E-state index is 0.528. The minimum Gasteiger partial charge on any atom is -0.378 e. The molecule has 0 aliphatic heterocycles. The summed E-state index contributed by atoms with van der Waals surface area (Å²) in [6.07, 6.45) is 5.39. The molecule has 2 heteroatoms. The van der Waals surface area contributed by atoms with Gasteiger partial charge < -0.3 is 4.74 Å². The summed E-state index contributed by atoms with van der Waals surface area (Å²) < 4.78 is 5.64. The van der Waals surface area contributed by atoms with E-state index in [-0.39, 0.29) is 0 Å². The lowest BCUT2D eigenvalue weighted by Crippen LogP contribution is -2.33. The fourth-order valence-electron chi connectivity index (χ4n) is 3.31. The molecule has 1 aliphatic carbocycles. The van der Waals surface area contributed by atoms with Gasteiger partial charge in [0.05, 0.1) is 6.10 Å². The number of alkyl halides is 1. The Balaban J connectivity index is 1.53. The number of hydrogen-bond acceptors (Lipinski definition) is 1. The molecule has 1 saturated carbocycles. The van der Waals surface area contributed by atoms with Crippen LogP contribution in [0.2, 0.25) is 0 Å². The standard InChI is InChI=1S/C19H23BrO/c1-2-21-19-12-15(13-19)11-18(20)10-14-7-8-16-5-3-4-6-17(16)9-14/h3-9,15,18-19H,2,10-13H2,1H3. The van der Waals surface area contributed by atoms with Crippen LogP contribution in [0.25, 0.3) is 10.8 Å². The van der Waals surface area contributed by atoms with Crippen molar-refractivity contribution < 1.29 is 4.74 Å². The molecule has 2 aromatic carbocycles. The van der Waals surface area contributed by atoms with Crippen LogP contribution in [0.15, 0.2) is 42.5 Å². The highest BCUT2D eigenvalue weighted by Gasteiger charge is 2.30. The molecule has 0 aromatic heterocycles. The van der Waals surface area contributed by atoms with Gasteiger partial charge in [-0.2, -0.15) is 0 Å². The highest BCUT2D eigenvalue weighted by molar-refractivity contribution is 9.09. The predicted molar refractivity (Wildman–Crippen MR) is 93.1 cm³/mol. The van der Waals surface area contributed by atoms with E-state index in [0.717, 1.165) is 18.9 Å². The van der Waals surface area contributed by atoms with Crippen molar-refractivity contribution in [3.63, 3.8) is 0 Å². The van der Waals surface area contributed by atoms with Crippen molar-refractivity contribution in [3.05, 3.63) is 48.0 Å². The van der Waals surface area contributed by atoms with E-state index in [2.05, 4.69) is 65.3 Å². The van der Waals surface area contributed by atoms with Crippen LogP contribution >= 0.6 is 15.9 Å². The Labute approximate surface area is 135 Å². The average Bonchev–Trinajstić information content (AvgIpc) is 2.45. The van der Waals surface area contributed by atoms with Crippen molar-refractivity contribution in [2.45, 2.75) is 43.5 Å². The average molecular weight is 347 g/mol. The Kier molecular flexibility index (Phi) is 4.97. The van der Waals surface area contributed by atoms with E-state index >= 15 is 0 Å². The van der Waals surface area contributed by atoms with E-state index in [1.54, 1.807) is 0 Å². The molecule has 0 saturated heterocycles. The third-order valence-corrected chi connectivity index (χ3v) is 5.15. The highest BCUT2D eigenvalue weighted by Crippen LogP contribution is 2.35. The summed E-state index contributed by atoms with van der Waals surface area (Å²) in [5.41, 5.74) is 1.43. The first-order chi connectivity index (χ1) is 10.2. The van der Waals surface area contributed by atoms with Crippen LogP contribution in [0, 0.1) is 5.92 Å². The zero-order chi connectivity index (χ0) is 14.7. The lowest BCUT2D eigenvalue weighted by molar-refractivity contribution is -0.0263. The van der Waals surface area contributed by atoms with E-state index in [1.165, 1.54) is 35.6 Å². The SMILES string of the molecule is CCOC1CC(CC(Br)Cc2ccc3ccccc3c2)C1. The van der Waals surface area contributed by atoms with E-state index in [1.807, 2.05) is 0 Å². The van der Waals surface area contributed by atoms with Crippen LogP contribution in [0.1, 0.15) is 31.7 Å². The molecular weight excluding hydrogens is 324 g/mol. The Morgan fingerprint density at radius 1 is 1.14 bits per heavy atom. The maximum absolute atomic E-state index is 5.64. The van der Waals surface area contributed by atoms with Gasteiger partial charge in [0.15, 0.2) is 0 Å². The number of benzene rings is 2.